The molecular weight excluding hydrogens is 529 g/mol. The van der Waals surface area contributed by atoms with Crippen LogP contribution in [0.4, 0.5) is 24.5 Å². The molecule has 1 aromatic heterocycles. The van der Waals surface area contributed by atoms with E-state index in [0.717, 1.165) is 54.5 Å². The van der Waals surface area contributed by atoms with Gasteiger partial charge in [-0.1, -0.05) is 35.6 Å². The maximum atomic E-state index is 13.5. The van der Waals surface area contributed by atoms with Gasteiger partial charge in [-0.25, -0.2) is 4.98 Å². The van der Waals surface area contributed by atoms with Gasteiger partial charge in [-0.05, 0) is 37.4 Å². The monoisotopic (exact) mass is 558 g/mol. The van der Waals surface area contributed by atoms with Crippen LogP contribution in [0.2, 0.25) is 25.7 Å². The third kappa shape index (κ3) is 7.44. The number of carbonyl (C=O) groups is 1. The maximum absolute atomic E-state index is 13.5. The molecule has 34 heavy (non-hydrogen) atoms. The van der Waals surface area contributed by atoms with Gasteiger partial charge < -0.3 is 19.9 Å². The zero-order valence-electron chi connectivity index (χ0n) is 19.8. The van der Waals surface area contributed by atoms with Crippen molar-refractivity contribution in [3.8, 4) is 5.88 Å². The van der Waals surface area contributed by atoms with E-state index < -0.39 is 25.7 Å². The SMILES string of the molecule is CN1CCN(c2ccc(Br)cc2NC(=O)c2cc(C(F)(F)F)cc(OCC[Si](C)(C)C)n2)CC1. The number of anilines is 2. The van der Waals surface area contributed by atoms with Gasteiger partial charge in [-0.2, -0.15) is 13.2 Å². The molecule has 1 fully saturated rings. The minimum atomic E-state index is -4.63. The van der Waals surface area contributed by atoms with E-state index in [4.69, 9.17) is 4.74 Å². The smallest absolute Gasteiger partial charge is 0.416 e. The number of ether oxygens (including phenoxy) is 1. The molecule has 0 radical (unpaired) electrons. The molecule has 1 aromatic carbocycles. The van der Waals surface area contributed by atoms with E-state index in [0.29, 0.717) is 5.69 Å². The Morgan fingerprint density at radius 1 is 1.15 bits per heavy atom. The summed E-state index contributed by atoms with van der Waals surface area (Å²) < 4.78 is 46.8. The predicted octanol–water partition coefficient (Wildman–Crippen LogP) is 5.58. The Labute approximate surface area is 207 Å². The number of alkyl halides is 3. The number of nitrogens with zero attached hydrogens (tertiary/aromatic N) is 3. The van der Waals surface area contributed by atoms with E-state index in [1.807, 2.05) is 19.2 Å². The largest absolute Gasteiger partial charge is 0.478 e. The molecule has 3 rings (SSSR count). The van der Waals surface area contributed by atoms with Gasteiger partial charge in [0.1, 0.15) is 5.69 Å². The van der Waals surface area contributed by atoms with Crippen LogP contribution in [0.25, 0.3) is 0 Å². The van der Waals surface area contributed by atoms with Crippen molar-refractivity contribution in [1.82, 2.24) is 9.88 Å². The number of pyridine rings is 1. The second-order valence-electron chi connectivity index (χ2n) is 9.64. The van der Waals surface area contributed by atoms with E-state index in [9.17, 15) is 18.0 Å². The Morgan fingerprint density at radius 3 is 2.44 bits per heavy atom. The summed E-state index contributed by atoms with van der Waals surface area (Å²) in [5.74, 6) is -0.929. The average Bonchev–Trinajstić information content (AvgIpc) is 2.73. The lowest BCUT2D eigenvalue weighted by atomic mass is 10.2. The molecule has 0 unspecified atom stereocenters. The fourth-order valence-electron chi connectivity index (χ4n) is 3.44. The number of piperazine rings is 1. The van der Waals surface area contributed by atoms with Crippen LogP contribution in [0, 0.1) is 0 Å². The highest BCUT2D eigenvalue weighted by Gasteiger charge is 2.33. The minimum absolute atomic E-state index is 0.202. The van der Waals surface area contributed by atoms with Crippen LogP contribution >= 0.6 is 15.9 Å². The molecule has 11 heteroatoms. The van der Waals surface area contributed by atoms with Crippen LogP contribution in [0.1, 0.15) is 16.1 Å². The molecule has 0 spiro atoms. The number of amides is 1. The Morgan fingerprint density at radius 2 is 1.82 bits per heavy atom. The first-order chi connectivity index (χ1) is 15.8. The molecule has 1 amide bonds. The Balaban J connectivity index is 1.86. The lowest BCUT2D eigenvalue weighted by molar-refractivity contribution is -0.137. The quantitative estimate of drug-likeness (QED) is 0.449. The molecule has 2 aromatic rings. The molecule has 0 aliphatic carbocycles. The number of hydrogen-bond donors (Lipinski definition) is 1. The van der Waals surface area contributed by atoms with Gasteiger partial charge in [0.15, 0.2) is 0 Å². The maximum Gasteiger partial charge on any atom is 0.416 e. The number of nitrogens with one attached hydrogen (secondary N) is 1. The van der Waals surface area contributed by atoms with Gasteiger partial charge in [0.25, 0.3) is 5.91 Å². The zero-order chi connectivity index (χ0) is 25.1. The summed E-state index contributed by atoms with van der Waals surface area (Å²) in [5, 5.41) is 2.76. The summed E-state index contributed by atoms with van der Waals surface area (Å²) in [5.41, 5.74) is -0.00102. The standard InChI is InChI=1S/C23H30BrF3N4O2Si/c1-30-7-9-31(10-8-30)20-6-5-17(24)15-18(20)29-22(32)19-13-16(23(25,26)27)14-21(28-19)33-11-12-34(2,3)4/h5-6,13-15H,7-12H2,1-4H3,(H,29,32). The summed E-state index contributed by atoms with van der Waals surface area (Å²) >= 11 is 3.41. The third-order valence-electron chi connectivity index (χ3n) is 5.51. The van der Waals surface area contributed by atoms with E-state index in [-0.39, 0.29) is 18.2 Å². The molecule has 1 aliphatic heterocycles. The van der Waals surface area contributed by atoms with E-state index in [2.05, 4.69) is 55.7 Å². The van der Waals surface area contributed by atoms with Gasteiger partial charge in [-0.3, -0.25) is 4.79 Å². The highest BCUT2D eigenvalue weighted by Crippen LogP contribution is 2.33. The number of aromatic nitrogens is 1. The van der Waals surface area contributed by atoms with Gasteiger partial charge in [0.05, 0.1) is 23.5 Å². The molecule has 186 valence electrons. The second kappa shape index (κ2) is 10.7. The zero-order valence-corrected chi connectivity index (χ0v) is 22.4. The van der Waals surface area contributed by atoms with Gasteiger partial charge in [-0.15, -0.1) is 0 Å². The van der Waals surface area contributed by atoms with Gasteiger partial charge in [0.2, 0.25) is 5.88 Å². The van der Waals surface area contributed by atoms with Crippen molar-refractivity contribution >= 4 is 41.3 Å². The summed E-state index contributed by atoms with van der Waals surface area (Å²) in [6.45, 7) is 9.98. The van der Waals surface area contributed by atoms with Crippen LogP contribution < -0.4 is 15.0 Å². The van der Waals surface area contributed by atoms with Gasteiger partial charge >= 0.3 is 6.18 Å². The van der Waals surface area contributed by atoms with Crippen molar-refractivity contribution in [2.75, 3.05) is 50.1 Å². The Hall–Kier alpha value is -2.11. The van der Waals surface area contributed by atoms with E-state index in [1.54, 1.807) is 6.07 Å². The molecule has 1 N–H and O–H groups in total. The summed E-state index contributed by atoms with van der Waals surface area (Å²) in [4.78, 5) is 21.5. The lowest BCUT2D eigenvalue weighted by Crippen LogP contribution is -2.44. The number of benzene rings is 1. The van der Waals surface area contributed by atoms with Crippen molar-refractivity contribution in [3.63, 3.8) is 0 Å². The minimum Gasteiger partial charge on any atom is -0.478 e. The summed E-state index contributed by atoms with van der Waals surface area (Å²) in [6, 6.07) is 7.86. The van der Waals surface area contributed by atoms with E-state index >= 15 is 0 Å². The van der Waals surface area contributed by atoms with Crippen LogP contribution in [0.3, 0.4) is 0 Å². The van der Waals surface area contributed by atoms with Crippen molar-refractivity contribution < 1.29 is 22.7 Å². The number of halogens is 4. The first-order valence-electron chi connectivity index (χ1n) is 11.1. The first-order valence-corrected chi connectivity index (χ1v) is 15.6. The van der Waals surface area contributed by atoms with Crippen molar-refractivity contribution in [2.45, 2.75) is 31.9 Å². The summed E-state index contributed by atoms with van der Waals surface area (Å²) in [7, 11) is 0.599. The third-order valence-corrected chi connectivity index (χ3v) is 7.71. The number of carbonyl (C=O) groups excluding carboxylic acids is 1. The van der Waals surface area contributed by atoms with Crippen LogP contribution in [-0.4, -0.2) is 63.7 Å². The highest BCUT2D eigenvalue weighted by molar-refractivity contribution is 9.10. The predicted molar refractivity (Wildman–Crippen MR) is 135 cm³/mol. The van der Waals surface area contributed by atoms with Crippen LogP contribution in [0.15, 0.2) is 34.8 Å². The molecule has 0 saturated carbocycles. The highest BCUT2D eigenvalue weighted by atomic mass is 79.9. The Bertz CT molecular complexity index is 1020. The van der Waals surface area contributed by atoms with Crippen LogP contribution in [-0.2, 0) is 6.18 Å². The fraction of sp³-hybridized carbons (Fsp3) is 0.478. The molecular formula is C23H30BrF3N4O2Si. The number of likely N-dealkylation sites (N-methyl/N-ethyl adjacent to an activating group) is 1. The lowest BCUT2D eigenvalue weighted by Gasteiger charge is -2.35. The fourth-order valence-corrected chi connectivity index (χ4v) is 4.51. The van der Waals surface area contributed by atoms with Crippen LogP contribution in [0.5, 0.6) is 5.88 Å². The van der Waals surface area contributed by atoms with Gasteiger partial charge in [0, 0.05) is 44.8 Å². The molecule has 1 aliphatic rings. The van der Waals surface area contributed by atoms with Crippen molar-refractivity contribution in [2.24, 2.45) is 0 Å². The molecule has 0 atom stereocenters. The molecule has 6 nitrogen and oxygen atoms in total. The van der Waals surface area contributed by atoms with Crippen molar-refractivity contribution in [3.05, 3.63) is 46.1 Å². The normalized spacial score (nSPS) is 15.4. The Kier molecular flexibility index (Phi) is 8.30. The molecule has 1 saturated heterocycles. The first kappa shape index (κ1) is 26.5. The number of rotatable bonds is 7. The van der Waals surface area contributed by atoms with E-state index in [1.165, 1.54) is 0 Å². The van der Waals surface area contributed by atoms with Crippen molar-refractivity contribution in [1.29, 1.82) is 0 Å². The molecule has 2 heterocycles. The average molecular weight is 560 g/mol. The molecule has 0 bridgehead atoms. The topological polar surface area (TPSA) is 57.7 Å². The number of hydrogen-bond acceptors (Lipinski definition) is 5. The summed E-state index contributed by atoms with van der Waals surface area (Å²) in [6.07, 6.45) is -4.63. The second-order valence-corrected chi connectivity index (χ2v) is 16.2.